The Bertz CT molecular complexity index is 1210. The number of ether oxygens (including phenoxy) is 2. The molecule has 0 bridgehead atoms. The van der Waals surface area contributed by atoms with E-state index in [0.717, 1.165) is 23.3 Å². The maximum absolute atomic E-state index is 13.8. The van der Waals surface area contributed by atoms with Crippen LogP contribution < -0.4 is 4.74 Å². The van der Waals surface area contributed by atoms with E-state index in [4.69, 9.17) is 9.47 Å². The fourth-order valence-electron chi connectivity index (χ4n) is 5.27. The van der Waals surface area contributed by atoms with E-state index in [0.29, 0.717) is 45.7 Å². The summed E-state index contributed by atoms with van der Waals surface area (Å²) in [6.07, 6.45) is 4.10. The van der Waals surface area contributed by atoms with Crippen LogP contribution >= 0.6 is 0 Å². The molecule has 218 valence electrons. The number of H-pyrrole nitrogens is 1. The zero-order valence-corrected chi connectivity index (χ0v) is 25.2. The molecule has 0 aliphatic rings. The highest BCUT2D eigenvalue weighted by Crippen LogP contribution is 2.26. The predicted molar refractivity (Wildman–Crippen MR) is 161 cm³/mol. The molecule has 40 heavy (non-hydrogen) atoms. The van der Waals surface area contributed by atoms with Gasteiger partial charge in [-0.15, -0.1) is 0 Å². The van der Waals surface area contributed by atoms with E-state index in [1.807, 2.05) is 54.4 Å². The molecule has 1 N–H and O–H groups in total. The summed E-state index contributed by atoms with van der Waals surface area (Å²) in [4.78, 5) is 34.0. The van der Waals surface area contributed by atoms with Crippen molar-refractivity contribution in [3.05, 3.63) is 65.9 Å². The van der Waals surface area contributed by atoms with Gasteiger partial charge in [-0.1, -0.05) is 58.0 Å². The van der Waals surface area contributed by atoms with Crippen LogP contribution in [0, 0.1) is 11.3 Å². The molecule has 1 aromatic heterocycles. The Morgan fingerprint density at radius 2 is 1.70 bits per heavy atom. The van der Waals surface area contributed by atoms with Crippen molar-refractivity contribution < 1.29 is 19.1 Å². The SMILES string of the molecule is CCOc1ccc(CN(CCc2c[nH]c3ccccc23)C(=O)CN(CCOC)C(=O)CC(C)CC(C)(C)C)cc1. The predicted octanol–water partition coefficient (Wildman–Crippen LogP) is 6.08. The molecule has 0 radical (unpaired) electrons. The van der Waals surface area contributed by atoms with Crippen molar-refractivity contribution in [3.63, 3.8) is 0 Å². The number of benzene rings is 2. The number of hydrogen-bond donors (Lipinski definition) is 1. The van der Waals surface area contributed by atoms with E-state index in [1.165, 1.54) is 10.9 Å². The number of rotatable bonds is 15. The summed E-state index contributed by atoms with van der Waals surface area (Å²) >= 11 is 0. The minimum Gasteiger partial charge on any atom is -0.494 e. The highest BCUT2D eigenvalue weighted by atomic mass is 16.5. The first-order valence-electron chi connectivity index (χ1n) is 14.4. The third-order valence-electron chi connectivity index (χ3n) is 7.01. The fourth-order valence-corrected chi connectivity index (χ4v) is 5.27. The number of nitrogens with zero attached hydrogens (tertiary/aromatic N) is 2. The molecular formula is C33H47N3O4. The molecule has 7 nitrogen and oxygen atoms in total. The smallest absolute Gasteiger partial charge is 0.242 e. The normalized spacial score (nSPS) is 12.3. The summed E-state index contributed by atoms with van der Waals surface area (Å²) in [5.41, 5.74) is 3.42. The Morgan fingerprint density at radius 1 is 0.975 bits per heavy atom. The van der Waals surface area contributed by atoms with E-state index in [-0.39, 0.29) is 29.7 Å². The van der Waals surface area contributed by atoms with Crippen LogP contribution in [0.3, 0.4) is 0 Å². The molecule has 0 spiro atoms. The van der Waals surface area contributed by atoms with Crippen LogP contribution in [0.4, 0.5) is 0 Å². The Hall–Kier alpha value is -3.32. The Kier molecular flexibility index (Phi) is 11.6. The number of aromatic nitrogens is 1. The van der Waals surface area contributed by atoms with Crippen LogP contribution in [0.25, 0.3) is 10.9 Å². The average Bonchev–Trinajstić information content (AvgIpc) is 3.31. The lowest BCUT2D eigenvalue weighted by atomic mass is 9.84. The fraction of sp³-hybridized carbons (Fsp3) is 0.515. The maximum atomic E-state index is 13.8. The first-order valence-corrected chi connectivity index (χ1v) is 14.4. The molecule has 0 fully saturated rings. The monoisotopic (exact) mass is 549 g/mol. The van der Waals surface area contributed by atoms with Gasteiger partial charge in [-0.05, 0) is 60.4 Å². The molecule has 0 aliphatic carbocycles. The van der Waals surface area contributed by atoms with E-state index >= 15 is 0 Å². The van der Waals surface area contributed by atoms with E-state index in [1.54, 1.807) is 12.0 Å². The average molecular weight is 550 g/mol. The topological polar surface area (TPSA) is 74.9 Å². The molecule has 0 saturated carbocycles. The van der Waals surface area contributed by atoms with Gasteiger partial charge in [0.15, 0.2) is 0 Å². The summed E-state index contributed by atoms with van der Waals surface area (Å²) < 4.78 is 10.9. The van der Waals surface area contributed by atoms with Crippen LogP contribution in [0.1, 0.15) is 58.6 Å². The van der Waals surface area contributed by atoms with Crippen molar-refractivity contribution in [2.24, 2.45) is 11.3 Å². The standard InChI is InChI=1S/C33H47N3O4/c1-7-40-28-14-12-26(13-15-28)23-35(17-16-27-22-34-30-11-9-8-10-29(27)30)32(38)24-36(18-19-39-6)31(37)20-25(2)21-33(3,4)5/h8-15,22,25,34H,7,16-21,23-24H2,1-6H3. The Balaban J connectivity index is 1.76. The number of carbonyl (C=O) groups is 2. The summed E-state index contributed by atoms with van der Waals surface area (Å²) in [5, 5.41) is 1.17. The number of carbonyl (C=O) groups excluding carboxylic acids is 2. The molecular weight excluding hydrogens is 502 g/mol. The minimum absolute atomic E-state index is 0.000189. The molecule has 0 aliphatic heterocycles. The lowest BCUT2D eigenvalue weighted by Gasteiger charge is -2.29. The second-order valence-electron chi connectivity index (χ2n) is 11.9. The van der Waals surface area contributed by atoms with Gasteiger partial charge in [0.2, 0.25) is 11.8 Å². The zero-order chi connectivity index (χ0) is 29.1. The maximum Gasteiger partial charge on any atom is 0.242 e. The summed E-state index contributed by atoms with van der Waals surface area (Å²) in [7, 11) is 1.62. The summed E-state index contributed by atoms with van der Waals surface area (Å²) in [6, 6.07) is 16.1. The third-order valence-corrected chi connectivity index (χ3v) is 7.01. The number of hydrogen-bond acceptors (Lipinski definition) is 4. The van der Waals surface area contributed by atoms with Crippen LogP contribution in [-0.2, 0) is 27.3 Å². The number of fused-ring (bicyclic) bond motifs is 1. The number of methoxy groups -OCH3 is 1. The quantitative estimate of drug-likeness (QED) is 0.250. The molecule has 1 atom stereocenters. The molecule has 1 heterocycles. The van der Waals surface area contributed by atoms with E-state index in [2.05, 4.69) is 44.8 Å². The first kappa shape index (κ1) is 31.2. The summed E-state index contributed by atoms with van der Waals surface area (Å²) in [6.45, 7) is 13.1. The number of amides is 2. The van der Waals surface area contributed by atoms with Crippen molar-refractivity contribution in [1.29, 1.82) is 0 Å². The van der Waals surface area contributed by atoms with Crippen molar-refractivity contribution >= 4 is 22.7 Å². The van der Waals surface area contributed by atoms with E-state index in [9.17, 15) is 9.59 Å². The van der Waals surface area contributed by atoms with Gasteiger partial charge in [0.25, 0.3) is 0 Å². The highest BCUT2D eigenvalue weighted by Gasteiger charge is 2.25. The number of aromatic amines is 1. The lowest BCUT2D eigenvalue weighted by molar-refractivity contribution is -0.142. The van der Waals surface area contributed by atoms with Crippen LogP contribution in [0.2, 0.25) is 0 Å². The molecule has 3 aromatic rings. The van der Waals surface area contributed by atoms with Gasteiger partial charge in [0.05, 0.1) is 19.8 Å². The molecule has 2 amide bonds. The molecule has 7 heteroatoms. The molecule has 1 unspecified atom stereocenters. The second kappa shape index (κ2) is 14.9. The first-order chi connectivity index (χ1) is 19.1. The van der Waals surface area contributed by atoms with Gasteiger partial charge in [0, 0.05) is 50.3 Å². The van der Waals surface area contributed by atoms with Gasteiger partial charge in [-0.2, -0.15) is 0 Å². The lowest BCUT2D eigenvalue weighted by Crippen LogP contribution is -2.45. The number of nitrogens with one attached hydrogen (secondary N) is 1. The van der Waals surface area contributed by atoms with Crippen molar-refractivity contribution in [2.75, 3.05) is 40.0 Å². The minimum atomic E-state index is -0.0679. The van der Waals surface area contributed by atoms with Gasteiger partial charge in [-0.25, -0.2) is 0 Å². The van der Waals surface area contributed by atoms with Gasteiger partial charge in [0.1, 0.15) is 5.75 Å². The highest BCUT2D eigenvalue weighted by molar-refractivity contribution is 5.85. The Morgan fingerprint density at radius 3 is 2.38 bits per heavy atom. The Labute approximate surface area is 239 Å². The summed E-state index contributed by atoms with van der Waals surface area (Å²) in [5.74, 6) is 0.972. The largest absolute Gasteiger partial charge is 0.494 e. The van der Waals surface area contributed by atoms with E-state index < -0.39 is 0 Å². The van der Waals surface area contributed by atoms with Gasteiger partial charge < -0.3 is 24.3 Å². The zero-order valence-electron chi connectivity index (χ0n) is 25.2. The van der Waals surface area contributed by atoms with Crippen LogP contribution in [0.15, 0.2) is 54.7 Å². The van der Waals surface area contributed by atoms with Crippen molar-refractivity contribution in [2.45, 2.75) is 60.4 Å². The van der Waals surface area contributed by atoms with Gasteiger partial charge >= 0.3 is 0 Å². The second-order valence-corrected chi connectivity index (χ2v) is 11.9. The van der Waals surface area contributed by atoms with Gasteiger partial charge in [-0.3, -0.25) is 9.59 Å². The molecule has 2 aromatic carbocycles. The van der Waals surface area contributed by atoms with Crippen molar-refractivity contribution in [3.8, 4) is 5.75 Å². The molecule has 0 saturated heterocycles. The van der Waals surface area contributed by atoms with Crippen molar-refractivity contribution in [1.82, 2.24) is 14.8 Å². The van der Waals surface area contributed by atoms with Crippen LogP contribution in [-0.4, -0.2) is 66.6 Å². The molecule has 3 rings (SSSR count). The third kappa shape index (κ3) is 9.70. The van der Waals surface area contributed by atoms with Crippen LogP contribution in [0.5, 0.6) is 5.75 Å². The number of para-hydroxylation sites is 1.